The minimum Gasteiger partial charge on any atom is -0.376 e. The summed E-state index contributed by atoms with van der Waals surface area (Å²) in [5.41, 5.74) is 5.93. The van der Waals surface area contributed by atoms with E-state index in [2.05, 4.69) is 4.90 Å². The first-order valence-electron chi connectivity index (χ1n) is 7.80. The predicted octanol–water partition coefficient (Wildman–Crippen LogP) is 3.69. The maximum Gasteiger partial charge on any atom is 0.166 e. The van der Waals surface area contributed by atoms with E-state index in [0.29, 0.717) is 5.11 Å². The second-order valence-corrected chi connectivity index (χ2v) is 6.67. The lowest BCUT2D eigenvalue weighted by Gasteiger charge is -2.34. The molecule has 2 nitrogen and oxygen atoms in total. The Morgan fingerprint density at radius 3 is 1.56 bits per heavy atom. The molecule has 2 aliphatic rings. The van der Waals surface area contributed by atoms with Gasteiger partial charge in [-0.1, -0.05) is 38.5 Å². The van der Waals surface area contributed by atoms with Gasteiger partial charge >= 0.3 is 0 Å². The Hall–Kier alpha value is -0.310. The molecule has 0 radical (unpaired) electrons. The molecular formula is C15H28N2S. The molecule has 0 atom stereocenters. The third-order valence-electron chi connectivity index (χ3n) is 4.72. The van der Waals surface area contributed by atoms with Gasteiger partial charge in [0.05, 0.1) is 0 Å². The summed E-state index contributed by atoms with van der Waals surface area (Å²) >= 11 is 5.26. The van der Waals surface area contributed by atoms with Gasteiger partial charge < -0.3 is 10.6 Å². The van der Waals surface area contributed by atoms with E-state index in [-0.39, 0.29) is 0 Å². The van der Waals surface area contributed by atoms with Gasteiger partial charge in [-0.15, -0.1) is 0 Å². The first-order valence-corrected chi connectivity index (χ1v) is 8.21. The summed E-state index contributed by atoms with van der Waals surface area (Å²) in [5, 5.41) is 0.631. The van der Waals surface area contributed by atoms with Gasteiger partial charge in [0, 0.05) is 13.1 Å². The van der Waals surface area contributed by atoms with Crippen molar-refractivity contribution in [1.29, 1.82) is 0 Å². The van der Waals surface area contributed by atoms with E-state index >= 15 is 0 Å². The van der Waals surface area contributed by atoms with Crippen LogP contribution in [0.4, 0.5) is 0 Å². The highest BCUT2D eigenvalue weighted by atomic mass is 32.1. The van der Waals surface area contributed by atoms with Crippen molar-refractivity contribution in [2.24, 2.45) is 17.6 Å². The van der Waals surface area contributed by atoms with Crippen LogP contribution in [-0.2, 0) is 0 Å². The van der Waals surface area contributed by atoms with Gasteiger partial charge in [0.2, 0.25) is 0 Å². The molecular weight excluding hydrogens is 240 g/mol. The van der Waals surface area contributed by atoms with Crippen LogP contribution in [0.3, 0.4) is 0 Å². The van der Waals surface area contributed by atoms with E-state index < -0.39 is 0 Å². The molecule has 0 spiro atoms. The quantitative estimate of drug-likeness (QED) is 0.788. The molecule has 2 aliphatic carbocycles. The first-order chi connectivity index (χ1) is 8.75. The van der Waals surface area contributed by atoms with Crippen molar-refractivity contribution in [1.82, 2.24) is 4.90 Å². The number of hydrogen-bond acceptors (Lipinski definition) is 1. The Morgan fingerprint density at radius 1 is 0.833 bits per heavy atom. The van der Waals surface area contributed by atoms with Crippen molar-refractivity contribution < 1.29 is 0 Å². The molecule has 0 aliphatic heterocycles. The van der Waals surface area contributed by atoms with Crippen molar-refractivity contribution in [2.75, 3.05) is 13.1 Å². The van der Waals surface area contributed by atoms with Crippen LogP contribution in [0.15, 0.2) is 0 Å². The van der Waals surface area contributed by atoms with Crippen molar-refractivity contribution >= 4 is 17.3 Å². The highest BCUT2D eigenvalue weighted by molar-refractivity contribution is 7.80. The van der Waals surface area contributed by atoms with Gasteiger partial charge in [-0.2, -0.15) is 0 Å². The summed E-state index contributed by atoms with van der Waals surface area (Å²) in [5.74, 6) is 1.67. The number of nitrogens with zero attached hydrogens (tertiary/aromatic N) is 1. The number of nitrogens with two attached hydrogens (primary N) is 1. The molecule has 2 fully saturated rings. The first kappa shape index (κ1) is 14.1. The zero-order valence-corrected chi connectivity index (χ0v) is 12.4. The largest absolute Gasteiger partial charge is 0.376 e. The molecule has 2 saturated carbocycles. The average Bonchev–Trinajstić information content (AvgIpc) is 2.40. The van der Waals surface area contributed by atoms with Crippen LogP contribution < -0.4 is 5.73 Å². The van der Waals surface area contributed by atoms with Crippen LogP contribution in [0.1, 0.15) is 64.2 Å². The highest BCUT2D eigenvalue weighted by Crippen LogP contribution is 2.27. The molecule has 0 saturated heterocycles. The van der Waals surface area contributed by atoms with Crippen LogP contribution >= 0.6 is 12.2 Å². The molecule has 2 N–H and O–H groups in total. The highest BCUT2D eigenvalue weighted by Gasteiger charge is 2.21. The molecule has 104 valence electrons. The molecule has 3 heteroatoms. The Bertz CT molecular complexity index is 235. The summed E-state index contributed by atoms with van der Waals surface area (Å²) in [7, 11) is 0. The lowest BCUT2D eigenvalue weighted by Crippen LogP contribution is -2.42. The van der Waals surface area contributed by atoms with Gasteiger partial charge in [0.1, 0.15) is 0 Å². The van der Waals surface area contributed by atoms with Gasteiger partial charge in [0.25, 0.3) is 0 Å². The van der Waals surface area contributed by atoms with Crippen molar-refractivity contribution in [3.63, 3.8) is 0 Å². The van der Waals surface area contributed by atoms with Crippen LogP contribution in [0.25, 0.3) is 0 Å². The lowest BCUT2D eigenvalue weighted by molar-refractivity contribution is 0.226. The van der Waals surface area contributed by atoms with E-state index in [0.717, 1.165) is 24.9 Å². The normalized spacial score (nSPS) is 22.9. The smallest absolute Gasteiger partial charge is 0.166 e. The molecule has 0 bridgehead atoms. The maximum absolute atomic E-state index is 5.93. The molecule has 0 aromatic heterocycles. The number of thiocarbonyl (C=S) groups is 1. The third kappa shape index (κ3) is 4.42. The molecule has 0 aromatic carbocycles. The van der Waals surface area contributed by atoms with Crippen molar-refractivity contribution in [3.8, 4) is 0 Å². The van der Waals surface area contributed by atoms with E-state index in [4.69, 9.17) is 18.0 Å². The predicted molar refractivity (Wildman–Crippen MR) is 81.5 cm³/mol. The standard InChI is InChI=1S/C15H28N2S/c16-15(18)17(11-13-7-3-1-4-8-13)12-14-9-5-2-6-10-14/h13-14H,1-12H2,(H2,16,18). The van der Waals surface area contributed by atoms with E-state index in [9.17, 15) is 0 Å². The minimum absolute atomic E-state index is 0.631. The molecule has 18 heavy (non-hydrogen) atoms. The summed E-state index contributed by atoms with van der Waals surface area (Å²) in [6, 6.07) is 0. The SMILES string of the molecule is NC(=S)N(CC1CCCCC1)CC1CCCCC1. The topological polar surface area (TPSA) is 29.3 Å². The van der Waals surface area contributed by atoms with E-state index in [1.807, 2.05) is 0 Å². The third-order valence-corrected chi connectivity index (χ3v) is 4.98. The average molecular weight is 268 g/mol. The molecule has 0 aromatic rings. The Morgan fingerprint density at radius 2 is 1.22 bits per heavy atom. The molecule has 2 rings (SSSR count). The monoisotopic (exact) mass is 268 g/mol. The molecule has 0 heterocycles. The summed E-state index contributed by atoms with van der Waals surface area (Å²) in [6.07, 6.45) is 14.0. The van der Waals surface area contributed by atoms with Gasteiger partial charge in [-0.25, -0.2) is 0 Å². The van der Waals surface area contributed by atoms with Crippen molar-refractivity contribution in [3.05, 3.63) is 0 Å². The Balaban J connectivity index is 1.80. The van der Waals surface area contributed by atoms with E-state index in [1.165, 1.54) is 64.2 Å². The number of rotatable bonds is 4. The van der Waals surface area contributed by atoms with Crippen molar-refractivity contribution in [2.45, 2.75) is 64.2 Å². The molecule has 0 unspecified atom stereocenters. The van der Waals surface area contributed by atoms with Gasteiger partial charge in [-0.3, -0.25) is 0 Å². The van der Waals surface area contributed by atoms with Crippen LogP contribution in [0.2, 0.25) is 0 Å². The second kappa shape index (κ2) is 7.32. The van der Waals surface area contributed by atoms with Gasteiger partial charge in [-0.05, 0) is 49.7 Å². The summed E-state index contributed by atoms with van der Waals surface area (Å²) < 4.78 is 0. The van der Waals surface area contributed by atoms with Crippen LogP contribution in [0, 0.1) is 11.8 Å². The van der Waals surface area contributed by atoms with Gasteiger partial charge in [0.15, 0.2) is 5.11 Å². The zero-order chi connectivity index (χ0) is 12.8. The van der Waals surface area contributed by atoms with E-state index in [1.54, 1.807) is 0 Å². The summed E-state index contributed by atoms with van der Waals surface area (Å²) in [6.45, 7) is 2.23. The number of hydrogen-bond donors (Lipinski definition) is 1. The lowest BCUT2D eigenvalue weighted by atomic mass is 9.87. The van der Waals surface area contributed by atoms with Crippen LogP contribution in [0.5, 0.6) is 0 Å². The fraction of sp³-hybridized carbons (Fsp3) is 0.933. The summed E-state index contributed by atoms with van der Waals surface area (Å²) in [4.78, 5) is 2.31. The zero-order valence-electron chi connectivity index (χ0n) is 11.6. The minimum atomic E-state index is 0.631. The Labute approximate surface area is 117 Å². The fourth-order valence-corrected chi connectivity index (χ4v) is 3.77. The molecule has 0 amide bonds. The Kier molecular flexibility index (Phi) is 5.74. The maximum atomic E-state index is 5.93. The van der Waals surface area contributed by atoms with Crippen LogP contribution in [-0.4, -0.2) is 23.1 Å². The fourth-order valence-electron chi connectivity index (χ4n) is 3.62. The second-order valence-electron chi connectivity index (χ2n) is 6.25.